The van der Waals surface area contributed by atoms with Crippen LogP contribution >= 0.6 is 0 Å². The minimum Gasteiger partial charge on any atom is -0.504 e. The molecule has 0 aliphatic carbocycles. The lowest BCUT2D eigenvalue weighted by molar-refractivity contribution is 0.147. The molecule has 0 amide bonds. The first kappa shape index (κ1) is 9.19. The van der Waals surface area contributed by atoms with Crippen molar-refractivity contribution in [3.8, 4) is 11.8 Å². The molecule has 4 nitrogen and oxygen atoms in total. The van der Waals surface area contributed by atoms with E-state index in [1.807, 2.05) is 0 Å². The second-order valence-electron chi connectivity index (χ2n) is 2.24. The van der Waals surface area contributed by atoms with Gasteiger partial charge >= 0.3 is 0 Å². The van der Waals surface area contributed by atoms with E-state index >= 15 is 0 Å². The van der Waals surface area contributed by atoms with Crippen LogP contribution in [0, 0.1) is 11.3 Å². The lowest BCUT2D eigenvalue weighted by atomic mass is 10.2. The molecule has 13 heavy (non-hydrogen) atoms. The number of aromatic nitrogens is 1. The number of hydrogen-bond donors (Lipinski definition) is 2. The predicted molar refractivity (Wildman–Crippen MR) is 40.0 cm³/mol. The van der Waals surface area contributed by atoms with E-state index in [9.17, 15) is 8.78 Å². The van der Waals surface area contributed by atoms with E-state index in [0.29, 0.717) is 0 Å². The van der Waals surface area contributed by atoms with Crippen molar-refractivity contribution in [1.82, 2.24) is 4.98 Å². The Balaban J connectivity index is 3.35. The van der Waals surface area contributed by atoms with Crippen LogP contribution in [0.15, 0.2) is 6.07 Å². The molecule has 0 saturated carbocycles. The lowest BCUT2D eigenvalue weighted by Gasteiger charge is -2.04. The van der Waals surface area contributed by atoms with Gasteiger partial charge in [-0.05, 0) is 6.07 Å². The number of nitriles is 1. The van der Waals surface area contributed by atoms with E-state index in [2.05, 4.69) is 4.98 Å². The number of halogens is 2. The van der Waals surface area contributed by atoms with Gasteiger partial charge in [-0.1, -0.05) is 0 Å². The fraction of sp³-hybridized carbons (Fsp3) is 0.143. The number of alkyl halides is 2. The van der Waals surface area contributed by atoms with E-state index in [-0.39, 0.29) is 5.69 Å². The quantitative estimate of drug-likeness (QED) is 0.688. The third kappa shape index (κ3) is 1.64. The van der Waals surface area contributed by atoms with Crippen molar-refractivity contribution in [3.63, 3.8) is 0 Å². The summed E-state index contributed by atoms with van der Waals surface area (Å²) in [4.78, 5) is 3.37. The number of nitrogens with zero attached hydrogens (tertiary/aromatic N) is 2. The first-order valence-corrected chi connectivity index (χ1v) is 3.24. The van der Waals surface area contributed by atoms with Crippen LogP contribution < -0.4 is 5.73 Å². The summed E-state index contributed by atoms with van der Waals surface area (Å²) in [6.07, 6.45) is -2.88. The molecule has 0 unspecified atom stereocenters. The van der Waals surface area contributed by atoms with Gasteiger partial charge in [0.05, 0.1) is 5.56 Å². The molecular formula is C7H5F2N3O. The normalized spacial score (nSPS) is 10.0. The average Bonchev–Trinajstić information content (AvgIpc) is 2.09. The predicted octanol–water partition coefficient (Wildman–Crippen LogP) is 1.18. The van der Waals surface area contributed by atoms with E-state index in [4.69, 9.17) is 16.1 Å². The summed E-state index contributed by atoms with van der Waals surface area (Å²) < 4.78 is 24.3. The Hall–Kier alpha value is -1.90. The average molecular weight is 185 g/mol. The minimum absolute atomic E-state index is 0.245. The molecule has 68 valence electrons. The molecule has 0 spiro atoms. The number of nitrogen functional groups attached to an aromatic ring is 1. The molecule has 6 heteroatoms. The first-order valence-electron chi connectivity index (χ1n) is 3.24. The molecule has 0 saturated heterocycles. The number of nitrogens with two attached hydrogens (primary N) is 1. The molecule has 1 aromatic rings. The number of anilines is 1. The molecule has 0 aliphatic heterocycles. The van der Waals surface area contributed by atoms with Crippen molar-refractivity contribution in [2.75, 3.05) is 5.73 Å². The van der Waals surface area contributed by atoms with Gasteiger partial charge in [0.15, 0.2) is 11.6 Å². The van der Waals surface area contributed by atoms with Crippen molar-refractivity contribution < 1.29 is 13.9 Å². The zero-order chi connectivity index (χ0) is 10.0. The Morgan fingerprint density at radius 1 is 1.62 bits per heavy atom. The molecule has 0 atom stereocenters. The lowest BCUT2D eigenvalue weighted by Crippen LogP contribution is -1.98. The van der Waals surface area contributed by atoms with Crippen molar-refractivity contribution in [2.24, 2.45) is 0 Å². The van der Waals surface area contributed by atoms with Crippen LogP contribution in [0.1, 0.15) is 17.7 Å². The van der Waals surface area contributed by atoms with Crippen LogP contribution in [-0.4, -0.2) is 10.1 Å². The van der Waals surface area contributed by atoms with Crippen LogP contribution in [0.2, 0.25) is 0 Å². The molecule has 1 rings (SSSR count). The van der Waals surface area contributed by atoms with Crippen LogP contribution in [0.5, 0.6) is 5.75 Å². The Kier molecular flexibility index (Phi) is 2.28. The molecule has 0 aliphatic rings. The standard InChI is InChI=1S/C7H5F2N3O/c8-6(9)4-1-3(2-10)12-7(11)5(4)13/h1,6,13H,(H2,11,12). The third-order valence-corrected chi connectivity index (χ3v) is 1.40. The van der Waals surface area contributed by atoms with E-state index in [0.717, 1.165) is 6.07 Å². The smallest absolute Gasteiger partial charge is 0.267 e. The summed E-state index contributed by atoms with van der Waals surface area (Å²) in [7, 11) is 0. The van der Waals surface area contributed by atoms with Crippen molar-refractivity contribution >= 4 is 5.82 Å². The molecule has 1 heterocycles. The van der Waals surface area contributed by atoms with Gasteiger partial charge in [0.25, 0.3) is 6.43 Å². The van der Waals surface area contributed by atoms with E-state index < -0.39 is 23.6 Å². The topological polar surface area (TPSA) is 82.9 Å². The molecule has 0 fully saturated rings. The van der Waals surface area contributed by atoms with Gasteiger partial charge in [-0.15, -0.1) is 0 Å². The Morgan fingerprint density at radius 2 is 2.23 bits per heavy atom. The number of aromatic hydroxyl groups is 1. The summed E-state index contributed by atoms with van der Waals surface area (Å²) in [5, 5.41) is 17.4. The first-order chi connectivity index (χ1) is 6.06. The fourth-order valence-electron chi connectivity index (χ4n) is 0.802. The van der Waals surface area contributed by atoms with Gasteiger partial charge < -0.3 is 10.8 Å². The number of rotatable bonds is 1. The molecular weight excluding hydrogens is 180 g/mol. The molecule has 1 aromatic heterocycles. The molecule has 3 N–H and O–H groups in total. The van der Waals surface area contributed by atoms with Crippen LogP contribution in [-0.2, 0) is 0 Å². The zero-order valence-corrected chi connectivity index (χ0v) is 6.33. The summed E-state index contributed by atoms with van der Waals surface area (Å²) in [5.41, 5.74) is 4.17. The van der Waals surface area contributed by atoms with E-state index in [1.165, 1.54) is 0 Å². The molecule has 0 aromatic carbocycles. The second kappa shape index (κ2) is 3.23. The SMILES string of the molecule is N#Cc1cc(C(F)F)c(O)c(N)n1. The Bertz CT molecular complexity index is 373. The van der Waals surface area contributed by atoms with Gasteiger partial charge in [0.1, 0.15) is 11.8 Å². The van der Waals surface area contributed by atoms with Gasteiger partial charge in [0.2, 0.25) is 0 Å². The fourth-order valence-corrected chi connectivity index (χ4v) is 0.802. The van der Waals surface area contributed by atoms with Crippen molar-refractivity contribution in [3.05, 3.63) is 17.3 Å². The summed E-state index contributed by atoms with van der Waals surface area (Å²) in [5.74, 6) is -1.23. The number of hydrogen-bond acceptors (Lipinski definition) is 4. The zero-order valence-electron chi connectivity index (χ0n) is 6.33. The molecule has 0 radical (unpaired) electrons. The maximum Gasteiger partial charge on any atom is 0.267 e. The molecule has 0 bridgehead atoms. The van der Waals surface area contributed by atoms with Gasteiger partial charge in [-0.3, -0.25) is 0 Å². The maximum absolute atomic E-state index is 12.2. The van der Waals surface area contributed by atoms with Crippen LogP contribution in [0.3, 0.4) is 0 Å². The summed E-state index contributed by atoms with van der Waals surface area (Å²) in [6, 6.07) is 2.36. The second-order valence-corrected chi connectivity index (χ2v) is 2.24. The van der Waals surface area contributed by atoms with Gasteiger partial charge in [0, 0.05) is 0 Å². The minimum atomic E-state index is -2.88. The van der Waals surface area contributed by atoms with Crippen molar-refractivity contribution in [2.45, 2.75) is 6.43 Å². The number of pyridine rings is 1. The van der Waals surface area contributed by atoms with Gasteiger partial charge in [-0.25, -0.2) is 13.8 Å². The Labute approximate surface area is 72.2 Å². The van der Waals surface area contributed by atoms with Crippen LogP contribution in [0.4, 0.5) is 14.6 Å². The third-order valence-electron chi connectivity index (χ3n) is 1.40. The monoisotopic (exact) mass is 185 g/mol. The highest BCUT2D eigenvalue weighted by Gasteiger charge is 2.17. The summed E-state index contributed by atoms with van der Waals surface area (Å²) >= 11 is 0. The maximum atomic E-state index is 12.2. The Morgan fingerprint density at radius 3 is 2.69 bits per heavy atom. The van der Waals surface area contributed by atoms with Crippen LogP contribution in [0.25, 0.3) is 0 Å². The van der Waals surface area contributed by atoms with Crippen molar-refractivity contribution in [1.29, 1.82) is 5.26 Å². The summed E-state index contributed by atoms with van der Waals surface area (Å²) in [6.45, 7) is 0. The van der Waals surface area contributed by atoms with Gasteiger partial charge in [-0.2, -0.15) is 5.26 Å². The highest BCUT2D eigenvalue weighted by molar-refractivity contribution is 5.53. The largest absolute Gasteiger partial charge is 0.504 e. The van der Waals surface area contributed by atoms with E-state index in [1.54, 1.807) is 6.07 Å². The highest BCUT2D eigenvalue weighted by atomic mass is 19.3. The highest BCUT2D eigenvalue weighted by Crippen LogP contribution is 2.31.